The lowest BCUT2D eigenvalue weighted by atomic mass is 10.0. The number of hydrogen-bond acceptors (Lipinski definition) is 5. The topological polar surface area (TPSA) is 81.9 Å². The maximum atomic E-state index is 12.2. The number of nitriles is 1. The Hall–Kier alpha value is -2.16. The third kappa shape index (κ3) is 3.23. The van der Waals surface area contributed by atoms with Crippen molar-refractivity contribution < 1.29 is 4.79 Å². The monoisotopic (exact) mass is 273 g/mol. The van der Waals surface area contributed by atoms with Crippen LogP contribution >= 0.6 is 0 Å². The SMILES string of the molecule is CC(C)(C)NC(=O)C1CCN(c2nccnc2C#N)C1. The van der Waals surface area contributed by atoms with Gasteiger partial charge in [0.2, 0.25) is 5.91 Å². The van der Waals surface area contributed by atoms with Crippen molar-refractivity contribution in [3.05, 3.63) is 18.1 Å². The van der Waals surface area contributed by atoms with Crippen LogP contribution in [0.1, 0.15) is 32.9 Å². The minimum absolute atomic E-state index is 0.0578. The summed E-state index contributed by atoms with van der Waals surface area (Å²) in [5.74, 6) is 0.561. The van der Waals surface area contributed by atoms with E-state index < -0.39 is 0 Å². The molecule has 0 saturated carbocycles. The van der Waals surface area contributed by atoms with Crippen LogP contribution in [0.2, 0.25) is 0 Å². The molecular weight excluding hydrogens is 254 g/mol. The first-order chi connectivity index (χ1) is 9.40. The molecule has 1 fully saturated rings. The molecule has 6 heteroatoms. The highest BCUT2D eigenvalue weighted by Crippen LogP contribution is 2.24. The minimum atomic E-state index is -0.227. The van der Waals surface area contributed by atoms with Crippen molar-refractivity contribution in [3.63, 3.8) is 0 Å². The van der Waals surface area contributed by atoms with Crippen molar-refractivity contribution in [2.24, 2.45) is 5.92 Å². The molecule has 0 bridgehead atoms. The molecule has 0 radical (unpaired) electrons. The summed E-state index contributed by atoms with van der Waals surface area (Å²) >= 11 is 0. The smallest absolute Gasteiger partial charge is 0.225 e. The molecule has 1 saturated heterocycles. The number of nitrogens with zero attached hydrogens (tertiary/aromatic N) is 4. The molecule has 1 N–H and O–H groups in total. The summed E-state index contributed by atoms with van der Waals surface area (Å²) in [5.41, 5.74) is 0.0823. The van der Waals surface area contributed by atoms with Crippen LogP contribution in [0.15, 0.2) is 12.4 Å². The molecule has 0 aromatic carbocycles. The third-order valence-electron chi connectivity index (χ3n) is 3.14. The number of carbonyl (C=O) groups excluding carboxylic acids is 1. The zero-order valence-electron chi connectivity index (χ0n) is 12.1. The van der Waals surface area contributed by atoms with Gasteiger partial charge in [0.15, 0.2) is 11.5 Å². The number of amides is 1. The first kappa shape index (κ1) is 14.3. The molecule has 1 amide bonds. The number of nitrogens with one attached hydrogen (secondary N) is 1. The highest BCUT2D eigenvalue weighted by atomic mass is 16.2. The summed E-state index contributed by atoms with van der Waals surface area (Å²) in [6.45, 7) is 7.20. The standard InChI is InChI=1S/C14H19N5O/c1-14(2,3)18-13(20)10-4-7-19(9-10)12-11(8-15)16-5-6-17-12/h5-6,10H,4,7,9H2,1-3H3,(H,18,20). The molecule has 1 aromatic rings. The molecule has 1 aliphatic heterocycles. The lowest BCUT2D eigenvalue weighted by Crippen LogP contribution is -2.44. The van der Waals surface area contributed by atoms with E-state index in [1.807, 2.05) is 31.7 Å². The maximum Gasteiger partial charge on any atom is 0.225 e. The summed E-state index contributed by atoms with van der Waals surface area (Å²) in [6.07, 6.45) is 3.84. The lowest BCUT2D eigenvalue weighted by Gasteiger charge is -2.23. The summed E-state index contributed by atoms with van der Waals surface area (Å²) in [7, 11) is 0. The Morgan fingerprint density at radius 2 is 2.15 bits per heavy atom. The lowest BCUT2D eigenvalue weighted by molar-refractivity contribution is -0.125. The molecule has 20 heavy (non-hydrogen) atoms. The first-order valence-electron chi connectivity index (χ1n) is 6.69. The van der Waals surface area contributed by atoms with Crippen LogP contribution in [0.3, 0.4) is 0 Å². The molecule has 2 rings (SSSR count). The van der Waals surface area contributed by atoms with Gasteiger partial charge in [-0.2, -0.15) is 5.26 Å². The predicted molar refractivity (Wildman–Crippen MR) is 75.0 cm³/mol. The summed E-state index contributed by atoms with van der Waals surface area (Å²) in [6, 6.07) is 2.04. The molecule has 2 heterocycles. The van der Waals surface area contributed by atoms with Crippen molar-refractivity contribution >= 4 is 11.7 Å². The Bertz CT molecular complexity index is 543. The molecule has 0 aliphatic carbocycles. The maximum absolute atomic E-state index is 12.2. The molecule has 1 aromatic heterocycles. The second kappa shape index (κ2) is 5.45. The van der Waals surface area contributed by atoms with Gasteiger partial charge in [-0.1, -0.05) is 0 Å². The van der Waals surface area contributed by atoms with E-state index in [1.165, 1.54) is 6.20 Å². The van der Waals surface area contributed by atoms with Crippen molar-refractivity contribution in [2.75, 3.05) is 18.0 Å². The van der Waals surface area contributed by atoms with E-state index in [2.05, 4.69) is 15.3 Å². The molecule has 6 nitrogen and oxygen atoms in total. The predicted octanol–water partition coefficient (Wildman–Crippen LogP) is 1.09. The quantitative estimate of drug-likeness (QED) is 0.872. The highest BCUT2D eigenvalue weighted by molar-refractivity contribution is 5.80. The van der Waals surface area contributed by atoms with Crippen molar-refractivity contribution in [3.8, 4) is 6.07 Å². The second-order valence-corrected chi connectivity index (χ2v) is 6.01. The van der Waals surface area contributed by atoms with E-state index in [9.17, 15) is 4.79 Å². The Labute approximate surface area is 118 Å². The largest absolute Gasteiger partial charge is 0.353 e. The van der Waals surface area contributed by atoms with Gasteiger partial charge in [-0.05, 0) is 27.2 Å². The Kier molecular flexibility index (Phi) is 3.89. The van der Waals surface area contributed by atoms with Crippen LogP contribution in [-0.4, -0.2) is 34.5 Å². The Balaban J connectivity index is 2.06. The minimum Gasteiger partial charge on any atom is -0.353 e. The van der Waals surface area contributed by atoms with Gasteiger partial charge in [-0.25, -0.2) is 9.97 Å². The van der Waals surface area contributed by atoms with E-state index in [1.54, 1.807) is 6.20 Å². The molecule has 1 unspecified atom stereocenters. The number of carbonyl (C=O) groups is 1. The van der Waals surface area contributed by atoms with Crippen LogP contribution in [0, 0.1) is 17.2 Å². The molecule has 1 aliphatic rings. The first-order valence-corrected chi connectivity index (χ1v) is 6.69. The van der Waals surface area contributed by atoms with Crippen molar-refractivity contribution in [2.45, 2.75) is 32.7 Å². The highest BCUT2D eigenvalue weighted by Gasteiger charge is 2.31. The summed E-state index contributed by atoms with van der Waals surface area (Å²) in [4.78, 5) is 22.3. The van der Waals surface area contributed by atoms with E-state index in [0.29, 0.717) is 18.1 Å². The number of aromatic nitrogens is 2. The van der Waals surface area contributed by atoms with Gasteiger partial charge in [0.05, 0.1) is 5.92 Å². The second-order valence-electron chi connectivity index (χ2n) is 6.01. The van der Waals surface area contributed by atoms with Gasteiger partial charge in [-0.15, -0.1) is 0 Å². The van der Waals surface area contributed by atoms with E-state index in [-0.39, 0.29) is 17.4 Å². The molecule has 106 valence electrons. The van der Waals surface area contributed by atoms with Gasteiger partial charge in [0.1, 0.15) is 6.07 Å². The molecule has 0 spiro atoms. The fourth-order valence-corrected chi connectivity index (χ4v) is 2.28. The van der Waals surface area contributed by atoms with E-state index in [0.717, 1.165) is 13.0 Å². The van der Waals surface area contributed by atoms with Crippen molar-refractivity contribution in [1.29, 1.82) is 5.26 Å². The van der Waals surface area contributed by atoms with Gasteiger partial charge in [0, 0.05) is 31.0 Å². The van der Waals surface area contributed by atoms with Crippen LogP contribution in [0.4, 0.5) is 5.82 Å². The number of anilines is 1. The van der Waals surface area contributed by atoms with Crippen LogP contribution in [0.5, 0.6) is 0 Å². The fourth-order valence-electron chi connectivity index (χ4n) is 2.28. The van der Waals surface area contributed by atoms with Gasteiger partial charge in [-0.3, -0.25) is 4.79 Å². The fraction of sp³-hybridized carbons (Fsp3) is 0.571. The average molecular weight is 273 g/mol. The zero-order chi connectivity index (χ0) is 14.8. The van der Waals surface area contributed by atoms with Gasteiger partial charge >= 0.3 is 0 Å². The molecular formula is C14H19N5O. The average Bonchev–Trinajstić information content (AvgIpc) is 2.86. The van der Waals surface area contributed by atoms with Crippen molar-refractivity contribution in [1.82, 2.24) is 15.3 Å². The van der Waals surface area contributed by atoms with Gasteiger partial charge in [0.25, 0.3) is 0 Å². The summed E-state index contributed by atoms with van der Waals surface area (Å²) < 4.78 is 0. The van der Waals surface area contributed by atoms with Crippen LogP contribution in [0.25, 0.3) is 0 Å². The zero-order valence-corrected chi connectivity index (χ0v) is 12.1. The number of hydrogen-bond donors (Lipinski definition) is 1. The van der Waals surface area contributed by atoms with Gasteiger partial charge < -0.3 is 10.2 Å². The molecule has 1 atom stereocenters. The van der Waals surface area contributed by atoms with Crippen LogP contribution < -0.4 is 10.2 Å². The number of rotatable bonds is 2. The Morgan fingerprint density at radius 3 is 2.80 bits per heavy atom. The van der Waals surface area contributed by atoms with Crippen LogP contribution in [-0.2, 0) is 4.79 Å². The third-order valence-corrected chi connectivity index (χ3v) is 3.14. The Morgan fingerprint density at radius 1 is 1.45 bits per heavy atom. The van der Waals surface area contributed by atoms with E-state index in [4.69, 9.17) is 5.26 Å². The summed E-state index contributed by atoms with van der Waals surface area (Å²) in [5, 5.41) is 12.0. The van der Waals surface area contributed by atoms with E-state index >= 15 is 0 Å². The normalized spacial score (nSPS) is 18.7.